The number of pyridine rings is 1. The molecule has 6 nitrogen and oxygen atoms in total. The summed E-state index contributed by atoms with van der Waals surface area (Å²) in [5.74, 6) is 1.57. The zero-order valence-corrected chi connectivity index (χ0v) is 19.7. The molecule has 0 bridgehead atoms. The fraction of sp³-hybridized carbons (Fsp3) is 0.333. The third-order valence-corrected chi connectivity index (χ3v) is 6.15. The van der Waals surface area contributed by atoms with Crippen LogP contribution in [0.4, 0.5) is 22.0 Å². The SMILES string of the molecule is CCc1cc(Nc2cc(CC(=O)c3c(Cl)cccc3Cl)ccn2)nc(N2CCC(F)CC2)n1. The van der Waals surface area contributed by atoms with Crippen molar-refractivity contribution in [3.63, 3.8) is 0 Å². The van der Waals surface area contributed by atoms with Crippen molar-refractivity contribution in [1.82, 2.24) is 15.0 Å². The van der Waals surface area contributed by atoms with Gasteiger partial charge in [-0.3, -0.25) is 4.79 Å². The average Bonchev–Trinajstić information content (AvgIpc) is 2.79. The summed E-state index contributed by atoms with van der Waals surface area (Å²) in [6.45, 7) is 3.20. The third-order valence-electron chi connectivity index (χ3n) is 5.52. The highest BCUT2D eigenvalue weighted by atomic mass is 35.5. The molecule has 0 atom stereocenters. The van der Waals surface area contributed by atoms with Crippen molar-refractivity contribution in [2.45, 2.75) is 38.8 Å². The Morgan fingerprint density at radius 3 is 2.55 bits per heavy atom. The molecule has 0 unspecified atom stereocenters. The molecule has 0 saturated carbocycles. The summed E-state index contributed by atoms with van der Waals surface area (Å²) in [5, 5.41) is 3.88. The zero-order chi connectivity index (χ0) is 23.4. The van der Waals surface area contributed by atoms with Gasteiger partial charge in [-0.15, -0.1) is 0 Å². The molecule has 0 radical (unpaired) electrons. The Morgan fingerprint density at radius 2 is 1.85 bits per heavy atom. The fourth-order valence-corrected chi connectivity index (χ4v) is 4.35. The number of carbonyl (C=O) groups excluding carboxylic acids is 1. The van der Waals surface area contributed by atoms with E-state index >= 15 is 0 Å². The van der Waals surface area contributed by atoms with Gasteiger partial charge >= 0.3 is 0 Å². The van der Waals surface area contributed by atoms with Crippen LogP contribution in [0.5, 0.6) is 0 Å². The van der Waals surface area contributed by atoms with Crippen molar-refractivity contribution in [1.29, 1.82) is 0 Å². The largest absolute Gasteiger partial charge is 0.341 e. The van der Waals surface area contributed by atoms with E-state index in [1.54, 1.807) is 36.5 Å². The van der Waals surface area contributed by atoms with Crippen LogP contribution in [0, 0.1) is 0 Å². The van der Waals surface area contributed by atoms with Crippen molar-refractivity contribution in [3.8, 4) is 0 Å². The van der Waals surface area contributed by atoms with Gasteiger partial charge in [0.05, 0.1) is 15.6 Å². The van der Waals surface area contributed by atoms with E-state index < -0.39 is 6.17 Å². The van der Waals surface area contributed by atoms with Gasteiger partial charge in [0.2, 0.25) is 5.95 Å². The van der Waals surface area contributed by atoms with E-state index in [9.17, 15) is 9.18 Å². The lowest BCUT2D eigenvalue weighted by Gasteiger charge is -2.29. The standard InChI is InChI=1S/C24H24Cl2FN5O/c1-2-17-14-22(31-24(29-17)32-10-7-16(27)8-11-32)30-21-13-15(6-9-28-21)12-20(33)23-18(25)4-3-5-19(23)26/h3-6,9,13-14,16H,2,7-8,10-12H2,1H3,(H,28,29,30,31). The summed E-state index contributed by atoms with van der Waals surface area (Å²) in [5.41, 5.74) is 1.96. The molecular weight excluding hydrogens is 464 g/mol. The number of benzene rings is 1. The fourth-order valence-electron chi connectivity index (χ4n) is 3.74. The van der Waals surface area contributed by atoms with Crippen LogP contribution in [-0.4, -0.2) is 40.0 Å². The number of ketones is 1. The summed E-state index contributed by atoms with van der Waals surface area (Å²) < 4.78 is 13.5. The van der Waals surface area contributed by atoms with Crippen molar-refractivity contribution < 1.29 is 9.18 Å². The highest BCUT2D eigenvalue weighted by Crippen LogP contribution is 2.27. The van der Waals surface area contributed by atoms with Gasteiger partial charge in [-0.05, 0) is 49.1 Å². The van der Waals surface area contributed by atoms with E-state index in [-0.39, 0.29) is 12.2 Å². The minimum Gasteiger partial charge on any atom is -0.341 e. The van der Waals surface area contributed by atoms with Crippen LogP contribution in [-0.2, 0) is 12.8 Å². The van der Waals surface area contributed by atoms with Crippen LogP contribution < -0.4 is 10.2 Å². The second kappa shape index (κ2) is 10.4. The number of rotatable bonds is 7. The number of halogens is 3. The molecule has 1 aliphatic heterocycles. The van der Waals surface area contributed by atoms with Crippen LogP contribution in [0.1, 0.15) is 41.4 Å². The Labute approximate surface area is 202 Å². The molecule has 33 heavy (non-hydrogen) atoms. The molecule has 1 aromatic carbocycles. The number of nitrogens with one attached hydrogen (secondary N) is 1. The lowest BCUT2D eigenvalue weighted by atomic mass is 10.0. The van der Waals surface area contributed by atoms with Crippen molar-refractivity contribution in [2.75, 3.05) is 23.3 Å². The molecule has 4 rings (SSSR count). The van der Waals surface area contributed by atoms with Crippen LogP contribution in [0.3, 0.4) is 0 Å². The van der Waals surface area contributed by atoms with Crippen molar-refractivity contribution in [2.24, 2.45) is 0 Å². The number of aromatic nitrogens is 3. The van der Waals surface area contributed by atoms with Gasteiger partial charge in [0.25, 0.3) is 0 Å². The van der Waals surface area contributed by atoms with E-state index in [1.165, 1.54) is 0 Å². The number of carbonyl (C=O) groups is 1. The molecule has 9 heteroatoms. The molecular formula is C24H24Cl2FN5O. The molecule has 0 amide bonds. The van der Waals surface area contributed by atoms with Gasteiger partial charge in [-0.25, -0.2) is 14.4 Å². The maximum atomic E-state index is 13.5. The Balaban J connectivity index is 1.52. The first-order chi connectivity index (χ1) is 15.9. The van der Waals surface area contributed by atoms with Gasteiger partial charge in [0.15, 0.2) is 5.78 Å². The van der Waals surface area contributed by atoms with E-state index in [0.717, 1.165) is 17.7 Å². The molecule has 1 saturated heterocycles. The third kappa shape index (κ3) is 5.78. The van der Waals surface area contributed by atoms with Crippen LogP contribution in [0.15, 0.2) is 42.6 Å². The first kappa shape index (κ1) is 23.4. The summed E-state index contributed by atoms with van der Waals surface area (Å²) in [6, 6.07) is 10.4. The average molecular weight is 488 g/mol. The predicted octanol–water partition coefficient (Wildman–Crippen LogP) is 5.85. The Kier molecular flexibility index (Phi) is 7.40. The maximum absolute atomic E-state index is 13.5. The second-order valence-electron chi connectivity index (χ2n) is 7.93. The number of piperidine rings is 1. The number of Topliss-reactive ketones (excluding diaryl/α,β-unsaturated/α-hetero) is 1. The molecule has 3 aromatic rings. The number of nitrogens with zero attached hydrogens (tertiary/aromatic N) is 4. The van der Waals surface area contributed by atoms with Gasteiger partial charge in [0, 0.05) is 37.5 Å². The topological polar surface area (TPSA) is 71.0 Å². The molecule has 172 valence electrons. The highest BCUT2D eigenvalue weighted by Gasteiger charge is 2.21. The van der Waals surface area contributed by atoms with Crippen LogP contribution >= 0.6 is 23.2 Å². The molecule has 2 aromatic heterocycles. The minimum atomic E-state index is -0.761. The van der Waals surface area contributed by atoms with E-state index in [1.807, 2.05) is 17.9 Å². The van der Waals surface area contributed by atoms with Gasteiger partial charge in [-0.2, -0.15) is 4.98 Å². The Hall–Kier alpha value is -2.77. The van der Waals surface area contributed by atoms with Gasteiger partial charge in [-0.1, -0.05) is 36.2 Å². The summed E-state index contributed by atoms with van der Waals surface area (Å²) in [7, 11) is 0. The number of hydrogen-bond donors (Lipinski definition) is 1. The number of aryl methyl sites for hydroxylation is 1. The normalized spacial score (nSPS) is 14.4. The highest BCUT2D eigenvalue weighted by molar-refractivity contribution is 6.39. The summed E-state index contributed by atoms with van der Waals surface area (Å²) >= 11 is 12.4. The number of anilines is 3. The van der Waals surface area contributed by atoms with Gasteiger partial charge in [0.1, 0.15) is 17.8 Å². The zero-order valence-electron chi connectivity index (χ0n) is 18.2. The van der Waals surface area contributed by atoms with Gasteiger partial charge < -0.3 is 10.2 Å². The molecule has 0 spiro atoms. The van der Waals surface area contributed by atoms with Crippen LogP contribution in [0.2, 0.25) is 10.0 Å². The minimum absolute atomic E-state index is 0.133. The maximum Gasteiger partial charge on any atom is 0.227 e. The van der Waals surface area contributed by atoms with E-state index in [0.29, 0.717) is 59.1 Å². The van der Waals surface area contributed by atoms with E-state index in [4.69, 9.17) is 23.2 Å². The molecule has 1 aliphatic rings. The Bertz CT molecular complexity index is 1130. The lowest BCUT2D eigenvalue weighted by molar-refractivity contribution is 0.0993. The first-order valence-electron chi connectivity index (χ1n) is 10.9. The quantitative estimate of drug-likeness (QED) is 0.421. The molecule has 3 heterocycles. The lowest BCUT2D eigenvalue weighted by Crippen LogP contribution is -2.35. The van der Waals surface area contributed by atoms with Crippen molar-refractivity contribution >= 4 is 46.6 Å². The smallest absolute Gasteiger partial charge is 0.227 e. The molecule has 0 aliphatic carbocycles. The summed E-state index contributed by atoms with van der Waals surface area (Å²) in [6.07, 6.45) is 2.71. The Morgan fingerprint density at radius 1 is 1.12 bits per heavy atom. The van der Waals surface area contributed by atoms with Crippen LogP contribution in [0.25, 0.3) is 0 Å². The molecule has 1 fully saturated rings. The first-order valence-corrected chi connectivity index (χ1v) is 11.6. The monoisotopic (exact) mass is 487 g/mol. The number of hydrogen-bond acceptors (Lipinski definition) is 6. The second-order valence-corrected chi connectivity index (χ2v) is 8.75. The molecule has 1 N–H and O–H groups in total. The van der Waals surface area contributed by atoms with Crippen molar-refractivity contribution in [3.05, 3.63) is 69.5 Å². The number of alkyl halides is 1. The van der Waals surface area contributed by atoms with E-state index in [2.05, 4.69) is 20.3 Å². The predicted molar refractivity (Wildman–Crippen MR) is 130 cm³/mol. The summed E-state index contributed by atoms with van der Waals surface area (Å²) in [4.78, 5) is 28.4.